The first-order valence-electron chi connectivity index (χ1n) is 3.12. The van der Waals surface area contributed by atoms with E-state index < -0.39 is 40.5 Å². The summed E-state index contributed by atoms with van der Waals surface area (Å²) < 4.78 is 97.5. The molecule has 0 saturated carbocycles. The van der Waals surface area contributed by atoms with Crippen LogP contribution in [-0.2, 0) is 0 Å². The third-order valence-electron chi connectivity index (χ3n) is 1.73. The molecule has 1 aliphatic rings. The zero-order valence-corrected chi connectivity index (χ0v) is 6.90. The topological polar surface area (TPSA) is 0 Å². The minimum Gasteiger partial charge on any atom is -0.231 e. The molecule has 0 radical (unpaired) electrons. The smallest absolute Gasteiger partial charge is 0.231 e. The van der Waals surface area contributed by atoms with E-state index in [0.29, 0.717) is 0 Å². The number of thioether (sulfide) groups is 1. The number of rotatable bonds is 0. The first-order valence-corrected chi connectivity index (χ1v) is 4.06. The SMILES string of the molecule is FC1SC(F)C(F)(C(F)(F)F)C1(F)F. The van der Waals surface area contributed by atoms with Crippen molar-refractivity contribution in [2.24, 2.45) is 0 Å². The monoisotopic (exact) mass is 246 g/mol. The molecule has 1 saturated heterocycles. The highest BCUT2D eigenvalue weighted by atomic mass is 32.2. The quantitative estimate of drug-likeness (QED) is 0.591. The van der Waals surface area contributed by atoms with Gasteiger partial charge in [-0.15, -0.1) is 0 Å². The van der Waals surface area contributed by atoms with E-state index >= 15 is 0 Å². The summed E-state index contributed by atoms with van der Waals surface area (Å²) in [4.78, 5) is 0. The highest BCUT2D eigenvalue weighted by molar-refractivity contribution is 8.00. The summed E-state index contributed by atoms with van der Waals surface area (Å²) in [6, 6.07) is 0. The molecule has 0 aromatic heterocycles. The van der Waals surface area contributed by atoms with Gasteiger partial charge in [0.1, 0.15) is 0 Å². The molecule has 1 aliphatic heterocycles. The van der Waals surface area contributed by atoms with E-state index in [1.54, 1.807) is 0 Å². The lowest BCUT2D eigenvalue weighted by Gasteiger charge is -2.29. The summed E-state index contributed by atoms with van der Waals surface area (Å²) in [5, 5.41) is 0. The summed E-state index contributed by atoms with van der Waals surface area (Å²) in [7, 11) is 0. The van der Waals surface area contributed by atoms with Crippen molar-refractivity contribution in [1.82, 2.24) is 0 Å². The Morgan fingerprint density at radius 3 is 1.50 bits per heavy atom. The van der Waals surface area contributed by atoms with Crippen molar-refractivity contribution in [3.63, 3.8) is 0 Å². The van der Waals surface area contributed by atoms with Crippen molar-refractivity contribution in [2.75, 3.05) is 0 Å². The highest BCUT2D eigenvalue weighted by Crippen LogP contribution is 2.61. The maximum Gasteiger partial charge on any atom is 0.432 e. The predicted octanol–water partition coefficient (Wildman–Crippen LogP) is 3.23. The van der Waals surface area contributed by atoms with E-state index in [-0.39, 0.29) is 0 Å². The number of hydrogen-bond acceptors (Lipinski definition) is 1. The Morgan fingerprint density at radius 2 is 1.36 bits per heavy atom. The molecular formula is C5H2F8S. The van der Waals surface area contributed by atoms with Gasteiger partial charge in [0.15, 0.2) is 5.50 Å². The summed E-state index contributed by atoms with van der Waals surface area (Å²) in [5.74, 6) is -5.41. The summed E-state index contributed by atoms with van der Waals surface area (Å²) in [6.07, 6.45) is -6.15. The second-order valence-electron chi connectivity index (χ2n) is 2.60. The maximum absolute atomic E-state index is 12.7. The molecule has 0 amide bonds. The molecule has 0 aliphatic carbocycles. The second kappa shape index (κ2) is 2.89. The molecule has 1 heterocycles. The molecule has 0 spiro atoms. The molecule has 0 nitrogen and oxygen atoms in total. The number of hydrogen-bond donors (Lipinski definition) is 0. The van der Waals surface area contributed by atoms with Crippen LogP contribution in [-0.4, -0.2) is 28.8 Å². The van der Waals surface area contributed by atoms with Gasteiger partial charge in [-0.1, -0.05) is 11.8 Å². The van der Waals surface area contributed by atoms with Gasteiger partial charge in [-0.2, -0.15) is 22.0 Å². The van der Waals surface area contributed by atoms with Crippen molar-refractivity contribution in [3.05, 3.63) is 0 Å². The predicted molar refractivity (Wildman–Crippen MR) is 32.2 cm³/mol. The molecule has 14 heavy (non-hydrogen) atoms. The molecule has 9 heteroatoms. The molecule has 84 valence electrons. The molecule has 0 bridgehead atoms. The maximum atomic E-state index is 12.7. The molecule has 1 rings (SSSR count). The fraction of sp³-hybridized carbons (Fsp3) is 1.00. The van der Waals surface area contributed by atoms with Gasteiger partial charge in [-0.3, -0.25) is 0 Å². The van der Waals surface area contributed by atoms with Gasteiger partial charge >= 0.3 is 17.8 Å². The summed E-state index contributed by atoms with van der Waals surface area (Å²) in [6.45, 7) is 0. The van der Waals surface area contributed by atoms with Crippen LogP contribution in [0.25, 0.3) is 0 Å². The molecule has 1 fully saturated rings. The average molecular weight is 246 g/mol. The Balaban J connectivity index is 3.20. The van der Waals surface area contributed by atoms with Crippen LogP contribution in [0.5, 0.6) is 0 Å². The largest absolute Gasteiger partial charge is 0.432 e. The van der Waals surface area contributed by atoms with E-state index in [1.807, 2.05) is 0 Å². The van der Waals surface area contributed by atoms with Gasteiger partial charge in [0.25, 0.3) is 0 Å². The zero-order valence-electron chi connectivity index (χ0n) is 6.09. The zero-order chi connectivity index (χ0) is 11.4. The normalized spacial score (nSPS) is 42.9. The highest BCUT2D eigenvalue weighted by Gasteiger charge is 2.83. The lowest BCUT2D eigenvalue weighted by atomic mass is 9.99. The lowest BCUT2D eigenvalue weighted by molar-refractivity contribution is -0.309. The first-order chi connectivity index (χ1) is 6.05. The minimum atomic E-state index is -6.15. The van der Waals surface area contributed by atoms with Gasteiger partial charge in [0.2, 0.25) is 5.50 Å². The second-order valence-corrected chi connectivity index (χ2v) is 3.70. The number of halogens is 8. The molecule has 0 aromatic carbocycles. The van der Waals surface area contributed by atoms with Crippen LogP contribution >= 0.6 is 11.8 Å². The van der Waals surface area contributed by atoms with E-state index in [0.717, 1.165) is 0 Å². The fourth-order valence-electron chi connectivity index (χ4n) is 0.918. The Bertz CT molecular complexity index is 236. The summed E-state index contributed by atoms with van der Waals surface area (Å²) in [5.41, 5.74) is -12.7. The number of alkyl halides is 8. The molecule has 0 N–H and O–H groups in total. The molecular weight excluding hydrogens is 244 g/mol. The van der Waals surface area contributed by atoms with Crippen LogP contribution in [0, 0.1) is 0 Å². The fourth-order valence-corrected chi connectivity index (χ4v) is 1.95. The van der Waals surface area contributed by atoms with Crippen LogP contribution in [0.1, 0.15) is 0 Å². The average Bonchev–Trinajstić information content (AvgIpc) is 2.12. The van der Waals surface area contributed by atoms with Crippen LogP contribution in [0.3, 0.4) is 0 Å². The van der Waals surface area contributed by atoms with Crippen molar-refractivity contribution < 1.29 is 35.1 Å². The molecule has 3 atom stereocenters. The lowest BCUT2D eigenvalue weighted by Crippen LogP contribution is -2.58. The van der Waals surface area contributed by atoms with Crippen LogP contribution < -0.4 is 0 Å². The van der Waals surface area contributed by atoms with Crippen molar-refractivity contribution >= 4 is 11.8 Å². The summed E-state index contributed by atoms with van der Waals surface area (Å²) >= 11 is -1.02. The van der Waals surface area contributed by atoms with E-state index in [4.69, 9.17) is 0 Å². The van der Waals surface area contributed by atoms with Gasteiger partial charge in [-0.25, -0.2) is 13.2 Å². The minimum absolute atomic E-state index is 1.02. The van der Waals surface area contributed by atoms with E-state index in [9.17, 15) is 35.1 Å². The van der Waals surface area contributed by atoms with Crippen molar-refractivity contribution in [3.8, 4) is 0 Å². The van der Waals surface area contributed by atoms with Crippen LogP contribution in [0.15, 0.2) is 0 Å². The van der Waals surface area contributed by atoms with E-state index in [1.165, 1.54) is 0 Å². The third kappa shape index (κ3) is 1.20. The third-order valence-corrected chi connectivity index (χ3v) is 2.83. The van der Waals surface area contributed by atoms with Crippen molar-refractivity contribution in [1.29, 1.82) is 0 Å². The van der Waals surface area contributed by atoms with Crippen molar-refractivity contribution in [2.45, 2.75) is 28.8 Å². The standard InChI is InChI=1S/C5H2F8S/c6-1-3(8,5(11,12)13)4(9,10)2(7)14-1/h1-2H. The molecule has 3 unspecified atom stereocenters. The Kier molecular flexibility index (Phi) is 2.45. The van der Waals surface area contributed by atoms with Crippen LogP contribution in [0.2, 0.25) is 0 Å². The van der Waals surface area contributed by atoms with Crippen LogP contribution in [0.4, 0.5) is 35.1 Å². The first kappa shape index (κ1) is 11.9. The van der Waals surface area contributed by atoms with E-state index in [2.05, 4.69) is 0 Å². The Morgan fingerprint density at radius 1 is 0.929 bits per heavy atom. The Hall–Kier alpha value is -0.210. The van der Waals surface area contributed by atoms with Gasteiger partial charge in [0.05, 0.1) is 0 Å². The van der Waals surface area contributed by atoms with Gasteiger partial charge in [0, 0.05) is 0 Å². The van der Waals surface area contributed by atoms with Gasteiger partial charge < -0.3 is 0 Å². The Labute approximate surface area is 76.6 Å². The van der Waals surface area contributed by atoms with Gasteiger partial charge in [-0.05, 0) is 0 Å². The molecule has 0 aromatic rings.